The second-order valence-corrected chi connectivity index (χ2v) is 4.47. The first-order valence-electron chi connectivity index (χ1n) is 6.31. The average Bonchev–Trinajstić information content (AvgIpc) is 2.33. The van der Waals surface area contributed by atoms with E-state index >= 15 is 0 Å². The second-order valence-electron chi connectivity index (χ2n) is 4.47. The first kappa shape index (κ1) is 14.9. The Bertz CT molecular complexity index is 191. The van der Waals surface area contributed by atoms with Crippen LogP contribution in [0.15, 0.2) is 0 Å². The molecule has 0 spiro atoms. The molecule has 1 N–H and O–H groups in total. The molecule has 17 heavy (non-hydrogen) atoms. The van der Waals surface area contributed by atoms with Gasteiger partial charge in [-0.3, -0.25) is 4.90 Å². The van der Waals surface area contributed by atoms with E-state index in [9.17, 15) is 0 Å². The molecule has 102 valence electrons. The lowest BCUT2D eigenvalue weighted by atomic mass is 10.2. The minimum atomic E-state index is -0.0341. The lowest BCUT2D eigenvalue weighted by Gasteiger charge is -2.36. The molecule has 2 atom stereocenters. The molecule has 0 amide bonds. The number of aliphatic hydroxyl groups is 1. The zero-order valence-corrected chi connectivity index (χ0v) is 10.9. The molecule has 1 aliphatic rings. The van der Waals surface area contributed by atoms with E-state index in [0.29, 0.717) is 13.2 Å². The van der Waals surface area contributed by atoms with Crippen LogP contribution >= 0.6 is 0 Å². The van der Waals surface area contributed by atoms with Gasteiger partial charge in [0.25, 0.3) is 0 Å². The lowest BCUT2D eigenvalue weighted by Crippen LogP contribution is -2.48. The highest BCUT2D eigenvalue weighted by atomic mass is 16.5. The van der Waals surface area contributed by atoms with Crippen molar-refractivity contribution in [2.24, 2.45) is 0 Å². The largest absolute Gasteiger partial charge is 0.394 e. The number of aliphatic hydroxyl groups excluding tert-OH is 1. The van der Waals surface area contributed by atoms with Crippen LogP contribution in [0.4, 0.5) is 0 Å². The molecular formula is C12H25NO4. The van der Waals surface area contributed by atoms with Crippen molar-refractivity contribution in [2.75, 3.05) is 53.2 Å². The number of rotatable bonds is 8. The summed E-state index contributed by atoms with van der Waals surface area (Å²) in [6, 6.07) is 0. The summed E-state index contributed by atoms with van der Waals surface area (Å²) in [5.74, 6) is 0. The number of hydrogen-bond acceptors (Lipinski definition) is 5. The Hall–Kier alpha value is -0.200. The van der Waals surface area contributed by atoms with Crippen LogP contribution in [-0.2, 0) is 14.2 Å². The summed E-state index contributed by atoms with van der Waals surface area (Å²) < 4.78 is 15.9. The normalized spacial score (nSPS) is 26.3. The molecule has 1 aliphatic heterocycles. The van der Waals surface area contributed by atoms with Crippen LogP contribution < -0.4 is 0 Å². The highest BCUT2D eigenvalue weighted by Crippen LogP contribution is 2.10. The Kier molecular flexibility index (Phi) is 7.72. The molecule has 1 fully saturated rings. The van der Waals surface area contributed by atoms with Crippen molar-refractivity contribution < 1.29 is 19.3 Å². The summed E-state index contributed by atoms with van der Waals surface area (Å²) >= 11 is 0. The van der Waals surface area contributed by atoms with Gasteiger partial charge in [-0.2, -0.15) is 0 Å². The summed E-state index contributed by atoms with van der Waals surface area (Å²) in [4.78, 5) is 2.33. The zero-order chi connectivity index (χ0) is 12.5. The topological polar surface area (TPSA) is 51.2 Å². The molecule has 1 heterocycles. The minimum Gasteiger partial charge on any atom is -0.394 e. The molecule has 0 bridgehead atoms. The van der Waals surface area contributed by atoms with Gasteiger partial charge in [-0.05, 0) is 13.3 Å². The van der Waals surface area contributed by atoms with E-state index in [1.807, 2.05) is 6.92 Å². The molecular weight excluding hydrogens is 222 g/mol. The van der Waals surface area contributed by atoms with Gasteiger partial charge in [-0.25, -0.2) is 0 Å². The minimum absolute atomic E-state index is 0.0341. The molecule has 0 aromatic heterocycles. The molecule has 0 aliphatic carbocycles. The fourth-order valence-electron chi connectivity index (χ4n) is 2.06. The van der Waals surface area contributed by atoms with Gasteiger partial charge in [0, 0.05) is 33.4 Å². The van der Waals surface area contributed by atoms with Gasteiger partial charge in [0.2, 0.25) is 0 Å². The van der Waals surface area contributed by atoms with Crippen LogP contribution in [0.1, 0.15) is 13.3 Å². The number of ether oxygens (including phenoxy) is 3. The van der Waals surface area contributed by atoms with Gasteiger partial charge in [-0.1, -0.05) is 0 Å². The summed E-state index contributed by atoms with van der Waals surface area (Å²) in [6.45, 7) is 6.98. The number of morpholine rings is 1. The quantitative estimate of drug-likeness (QED) is 0.618. The summed E-state index contributed by atoms with van der Waals surface area (Å²) in [5, 5.41) is 9.11. The van der Waals surface area contributed by atoms with Crippen molar-refractivity contribution in [1.29, 1.82) is 0 Å². The highest BCUT2D eigenvalue weighted by molar-refractivity contribution is 4.74. The Morgan fingerprint density at radius 2 is 2.12 bits per heavy atom. The number of hydrogen-bond donors (Lipinski definition) is 1. The van der Waals surface area contributed by atoms with Gasteiger partial charge in [-0.15, -0.1) is 0 Å². The zero-order valence-electron chi connectivity index (χ0n) is 10.9. The van der Waals surface area contributed by atoms with E-state index in [1.54, 1.807) is 7.11 Å². The van der Waals surface area contributed by atoms with Gasteiger partial charge < -0.3 is 19.3 Å². The molecule has 0 saturated carbocycles. The van der Waals surface area contributed by atoms with Gasteiger partial charge in [0.15, 0.2) is 0 Å². The van der Waals surface area contributed by atoms with Crippen molar-refractivity contribution in [3.8, 4) is 0 Å². The Balaban J connectivity index is 2.05. The SMILES string of the molecule is COCCOCCCN1CC(C)OC(CO)C1. The smallest absolute Gasteiger partial charge is 0.0936 e. The monoisotopic (exact) mass is 247 g/mol. The van der Waals surface area contributed by atoms with Gasteiger partial charge in [0.1, 0.15) is 0 Å². The average molecular weight is 247 g/mol. The van der Waals surface area contributed by atoms with Crippen molar-refractivity contribution >= 4 is 0 Å². The molecule has 1 saturated heterocycles. The third-order valence-electron chi connectivity index (χ3n) is 2.80. The van der Waals surface area contributed by atoms with Crippen LogP contribution in [0, 0.1) is 0 Å². The van der Waals surface area contributed by atoms with Gasteiger partial charge >= 0.3 is 0 Å². The van der Waals surface area contributed by atoms with E-state index < -0.39 is 0 Å². The fourth-order valence-corrected chi connectivity index (χ4v) is 2.06. The number of methoxy groups -OCH3 is 1. The molecule has 0 radical (unpaired) electrons. The lowest BCUT2D eigenvalue weighted by molar-refractivity contribution is -0.0961. The summed E-state index contributed by atoms with van der Waals surface area (Å²) in [6.07, 6.45) is 1.18. The maximum absolute atomic E-state index is 9.11. The van der Waals surface area contributed by atoms with Crippen molar-refractivity contribution in [3.63, 3.8) is 0 Å². The predicted molar refractivity (Wildman–Crippen MR) is 65.2 cm³/mol. The predicted octanol–water partition coefficient (Wildman–Crippen LogP) is 0.121. The van der Waals surface area contributed by atoms with E-state index in [1.165, 1.54) is 0 Å². The second kappa shape index (κ2) is 8.83. The van der Waals surface area contributed by atoms with E-state index in [4.69, 9.17) is 19.3 Å². The van der Waals surface area contributed by atoms with Crippen molar-refractivity contribution in [1.82, 2.24) is 4.90 Å². The van der Waals surface area contributed by atoms with E-state index in [0.717, 1.165) is 32.7 Å². The Labute approximate surface area is 104 Å². The van der Waals surface area contributed by atoms with Crippen molar-refractivity contribution in [3.05, 3.63) is 0 Å². The van der Waals surface area contributed by atoms with E-state index in [2.05, 4.69) is 4.90 Å². The third-order valence-corrected chi connectivity index (χ3v) is 2.80. The summed E-state index contributed by atoms with van der Waals surface area (Å²) in [7, 11) is 1.67. The Morgan fingerprint density at radius 3 is 2.82 bits per heavy atom. The van der Waals surface area contributed by atoms with Crippen LogP contribution in [-0.4, -0.2) is 75.4 Å². The maximum atomic E-state index is 9.11. The highest BCUT2D eigenvalue weighted by Gasteiger charge is 2.23. The molecule has 5 nitrogen and oxygen atoms in total. The molecule has 5 heteroatoms. The standard InChI is InChI=1S/C12H25NO4/c1-11-8-13(9-12(10-14)17-11)4-3-5-16-7-6-15-2/h11-12,14H,3-10H2,1-2H3. The Morgan fingerprint density at radius 1 is 1.29 bits per heavy atom. The maximum Gasteiger partial charge on any atom is 0.0936 e. The first-order valence-corrected chi connectivity index (χ1v) is 6.31. The molecule has 0 aromatic rings. The molecule has 1 rings (SSSR count). The van der Waals surface area contributed by atoms with Crippen LogP contribution in [0.3, 0.4) is 0 Å². The van der Waals surface area contributed by atoms with Crippen LogP contribution in [0.5, 0.6) is 0 Å². The molecule has 0 aromatic carbocycles. The van der Waals surface area contributed by atoms with Gasteiger partial charge in [0.05, 0.1) is 32.0 Å². The molecule has 2 unspecified atom stereocenters. The van der Waals surface area contributed by atoms with Crippen LogP contribution in [0.2, 0.25) is 0 Å². The fraction of sp³-hybridized carbons (Fsp3) is 1.00. The third kappa shape index (κ3) is 6.33. The summed E-state index contributed by atoms with van der Waals surface area (Å²) in [5.41, 5.74) is 0. The first-order chi connectivity index (χ1) is 8.26. The number of nitrogens with zero attached hydrogens (tertiary/aromatic N) is 1. The van der Waals surface area contributed by atoms with E-state index in [-0.39, 0.29) is 18.8 Å². The van der Waals surface area contributed by atoms with Crippen LogP contribution in [0.25, 0.3) is 0 Å². The van der Waals surface area contributed by atoms with Crippen molar-refractivity contribution in [2.45, 2.75) is 25.6 Å².